The van der Waals surface area contributed by atoms with Crippen LogP contribution in [0.2, 0.25) is 0 Å². The summed E-state index contributed by atoms with van der Waals surface area (Å²) in [6.07, 6.45) is 6.04. The Morgan fingerprint density at radius 2 is 1.76 bits per heavy atom. The minimum Gasteiger partial charge on any atom is -0.373 e. The highest BCUT2D eigenvalue weighted by Crippen LogP contribution is 2.11. The lowest BCUT2D eigenvalue weighted by Crippen LogP contribution is -2.45. The van der Waals surface area contributed by atoms with Crippen LogP contribution in [0.15, 0.2) is 0 Å². The van der Waals surface area contributed by atoms with E-state index in [4.69, 9.17) is 4.74 Å². The molecule has 0 bridgehead atoms. The summed E-state index contributed by atoms with van der Waals surface area (Å²) in [5.74, 6) is 0. The summed E-state index contributed by atoms with van der Waals surface area (Å²) in [5, 5.41) is 3.45. The maximum atomic E-state index is 5.74. The van der Waals surface area contributed by atoms with E-state index in [1.54, 1.807) is 0 Å². The Morgan fingerprint density at radius 3 is 2.41 bits per heavy atom. The third kappa shape index (κ3) is 7.02. The zero-order chi connectivity index (χ0) is 12.5. The highest BCUT2D eigenvalue weighted by atomic mass is 16.5. The molecular formula is C14H30N2O. The van der Waals surface area contributed by atoms with Crippen molar-refractivity contribution in [3.05, 3.63) is 0 Å². The smallest absolute Gasteiger partial charge is 0.0678 e. The Morgan fingerprint density at radius 1 is 1.06 bits per heavy atom. The molecule has 0 amide bonds. The summed E-state index contributed by atoms with van der Waals surface area (Å²) in [7, 11) is 0. The molecule has 0 radical (unpaired) electrons. The second-order valence-electron chi connectivity index (χ2n) is 5.33. The van der Waals surface area contributed by atoms with Crippen molar-refractivity contribution in [2.24, 2.45) is 0 Å². The fourth-order valence-corrected chi connectivity index (χ4v) is 2.53. The van der Waals surface area contributed by atoms with Crippen LogP contribution >= 0.6 is 0 Å². The van der Waals surface area contributed by atoms with Gasteiger partial charge in [-0.15, -0.1) is 0 Å². The minimum absolute atomic E-state index is 0.407. The van der Waals surface area contributed by atoms with Gasteiger partial charge >= 0.3 is 0 Å². The van der Waals surface area contributed by atoms with Gasteiger partial charge in [-0.1, -0.05) is 13.3 Å². The molecule has 1 N–H and O–H groups in total. The summed E-state index contributed by atoms with van der Waals surface area (Å²) in [4.78, 5) is 2.55. The van der Waals surface area contributed by atoms with Gasteiger partial charge in [0.2, 0.25) is 0 Å². The van der Waals surface area contributed by atoms with E-state index >= 15 is 0 Å². The SMILES string of the molecule is CCCNCCCCCN1CC(C)OC(C)C1. The molecule has 0 aromatic rings. The van der Waals surface area contributed by atoms with E-state index in [9.17, 15) is 0 Å². The van der Waals surface area contributed by atoms with Gasteiger partial charge in [0.05, 0.1) is 12.2 Å². The summed E-state index contributed by atoms with van der Waals surface area (Å²) in [6.45, 7) is 12.4. The van der Waals surface area contributed by atoms with E-state index in [0.717, 1.165) is 13.1 Å². The van der Waals surface area contributed by atoms with Crippen LogP contribution in [0, 0.1) is 0 Å². The van der Waals surface area contributed by atoms with E-state index in [1.807, 2.05) is 0 Å². The Kier molecular flexibility index (Phi) is 7.82. The molecule has 17 heavy (non-hydrogen) atoms. The van der Waals surface area contributed by atoms with Crippen molar-refractivity contribution in [2.45, 2.75) is 58.7 Å². The van der Waals surface area contributed by atoms with Crippen LogP contribution in [0.25, 0.3) is 0 Å². The van der Waals surface area contributed by atoms with Crippen LogP contribution in [0.1, 0.15) is 46.5 Å². The normalized spacial score (nSPS) is 26.3. The molecule has 1 aliphatic rings. The van der Waals surface area contributed by atoms with Crippen LogP contribution in [0.4, 0.5) is 0 Å². The van der Waals surface area contributed by atoms with Crippen LogP contribution in [-0.4, -0.2) is 49.8 Å². The lowest BCUT2D eigenvalue weighted by Gasteiger charge is -2.35. The quantitative estimate of drug-likeness (QED) is 0.661. The van der Waals surface area contributed by atoms with Crippen LogP contribution in [-0.2, 0) is 4.74 Å². The molecule has 1 fully saturated rings. The Balaban J connectivity index is 1.95. The zero-order valence-electron chi connectivity index (χ0n) is 11.9. The molecule has 0 aromatic carbocycles. The number of nitrogens with one attached hydrogen (secondary N) is 1. The van der Waals surface area contributed by atoms with E-state index < -0.39 is 0 Å². The standard InChI is InChI=1S/C14H30N2O/c1-4-8-15-9-6-5-7-10-16-11-13(2)17-14(3)12-16/h13-15H,4-12H2,1-3H3. The van der Waals surface area contributed by atoms with Gasteiger partial charge in [-0.3, -0.25) is 4.90 Å². The highest BCUT2D eigenvalue weighted by Gasteiger charge is 2.21. The molecular weight excluding hydrogens is 212 g/mol. The van der Waals surface area contributed by atoms with Gasteiger partial charge in [0.15, 0.2) is 0 Å². The van der Waals surface area contributed by atoms with Gasteiger partial charge in [-0.05, 0) is 52.7 Å². The summed E-state index contributed by atoms with van der Waals surface area (Å²) in [6, 6.07) is 0. The lowest BCUT2D eigenvalue weighted by atomic mass is 10.2. The molecule has 0 saturated carbocycles. The van der Waals surface area contributed by atoms with E-state index in [0.29, 0.717) is 12.2 Å². The van der Waals surface area contributed by atoms with Crippen molar-refractivity contribution in [1.29, 1.82) is 0 Å². The van der Waals surface area contributed by atoms with Crippen LogP contribution in [0.5, 0.6) is 0 Å². The molecule has 0 aliphatic carbocycles. The van der Waals surface area contributed by atoms with Gasteiger partial charge in [-0.2, -0.15) is 0 Å². The van der Waals surface area contributed by atoms with Crippen LogP contribution in [0.3, 0.4) is 0 Å². The molecule has 3 heteroatoms. The topological polar surface area (TPSA) is 24.5 Å². The number of hydrogen-bond acceptors (Lipinski definition) is 3. The van der Waals surface area contributed by atoms with Gasteiger partial charge in [0, 0.05) is 13.1 Å². The van der Waals surface area contributed by atoms with Crippen molar-refractivity contribution in [3.8, 4) is 0 Å². The molecule has 1 saturated heterocycles. The van der Waals surface area contributed by atoms with Crippen LogP contribution < -0.4 is 5.32 Å². The largest absolute Gasteiger partial charge is 0.373 e. The highest BCUT2D eigenvalue weighted by molar-refractivity contribution is 4.72. The number of hydrogen-bond donors (Lipinski definition) is 1. The molecule has 0 aromatic heterocycles. The first-order valence-electron chi connectivity index (χ1n) is 7.31. The Bertz CT molecular complexity index is 177. The second kappa shape index (κ2) is 8.90. The van der Waals surface area contributed by atoms with E-state index in [-0.39, 0.29) is 0 Å². The van der Waals surface area contributed by atoms with Crippen molar-refractivity contribution in [1.82, 2.24) is 10.2 Å². The average molecular weight is 242 g/mol. The van der Waals surface area contributed by atoms with Gasteiger partial charge in [0.25, 0.3) is 0 Å². The molecule has 2 atom stereocenters. The van der Waals surface area contributed by atoms with Gasteiger partial charge < -0.3 is 10.1 Å². The van der Waals surface area contributed by atoms with E-state index in [2.05, 4.69) is 31.0 Å². The van der Waals surface area contributed by atoms with Crippen molar-refractivity contribution in [2.75, 3.05) is 32.7 Å². The predicted octanol–water partition coefficient (Wildman–Crippen LogP) is 2.27. The first-order valence-corrected chi connectivity index (χ1v) is 7.31. The first kappa shape index (κ1) is 14.9. The number of morpholine rings is 1. The second-order valence-corrected chi connectivity index (χ2v) is 5.33. The average Bonchev–Trinajstić information content (AvgIpc) is 2.26. The predicted molar refractivity (Wildman–Crippen MR) is 73.5 cm³/mol. The van der Waals surface area contributed by atoms with Crippen molar-refractivity contribution in [3.63, 3.8) is 0 Å². The van der Waals surface area contributed by atoms with Gasteiger partial charge in [-0.25, -0.2) is 0 Å². The molecule has 102 valence electrons. The molecule has 3 nitrogen and oxygen atoms in total. The van der Waals surface area contributed by atoms with E-state index in [1.165, 1.54) is 45.3 Å². The maximum absolute atomic E-state index is 5.74. The summed E-state index contributed by atoms with van der Waals surface area (Å²) in [5.41, 5.74) is 0. The Labute approximate surface area is 107 Å². The minimum atomic E-state index is 0.407. The fourth-order valence-electron chi connectivity index (χ4n) is 2.53. The maximum Gasteiger partial charge on any atom is 0.0678 e. The third-order valence-corrected chi connectivity index (χ3v) is 3.25. The summed E-state index contributed by atoms with van der Waals surface area (Å²) >= 11 is 0. The Hall–Kier alpha value is -0.120. The van der Waals surface area contributed by atoms with Crippen molar-refractivity contribution >= 4 is 0 Å². The monoisotopic (exact) mass is 242 g/mol. The number of rotatable bonds is 8. The van der Waals surface area contributed by atoms with Crippen molar-refractivity contribution < 1.29 is 4.74 Å². The molecule has 1 aliphatic heterocycles. The fraction of sp³-hybridized carbons (Fsp3) is 1.00. The number of nitrogens with zero attached hydrogens (tertiary/aromatic N) is 1. The molecule has 1 heterocycles. The van der Waals surface area contributed by atoms with Gasteiger partial charge in [0.1, 0.15) is 0 Å². The number of ether oxygens (including phenoxy) is 1. The molecule has 1 rings (SSSR count). The molecule has 0 spiro atoms. The molecule has 2 unspecified atom stereocenters. The first-order chi connectivity index (χ1) is 8.22. The lowest BCUT2D eigenvalue weighted by molar-refractivity contribution is -0.0681. The summed E-state index contributed by atoms with van der Waals surface area (Å²) < 4.78 is 5.74. The number of unbranched alkanes of at least 4 members (excludes halogenated alkanes) is 2. The zero-order valence-corrected chi connectivity index (χ0v) is 11.9. The third-order valence-electron chi connectivity index (χ3n) is 3.25.